The number of hydrogen-bond donors (Lipinski definition) is 2. The fourth-order valence-corrected chi connectivity index (χ4v) is 4.02. The SMILES string of the molecule is Cn1c(CC(=O)Nc2ccc(Cl)cc2)nnc1SCC(=O)NC1CCCCC1. The molecule has 0 atom stereocenters. The van der Waals surface area contributed by atoms with Gasteiger partial charge >= 0.3 is 0 Å². The number of thioether (sulfide) groups is 1. The number of aromatic nitrogens is 3. The first-order chi connectivity index (χ1) is 13.5. The minimum atomic E-state index is -0.190. The Bertz CT molecular complexity index is 818. The van der Waals surface area contributed by atoms with E-state index in [0.717, 1.165) is 12.8 Å². The van der Waals surface area contributed by atoms with E-state index in [9.17, 15) is 9.59 Å². The second kappa shape index (κ2) is 9.93. The summed E-state index contributed by atoms with van der Waals surface area (Å²) in [7, 11) is 1.80. The fourth-order valence-electron chi connectivity index (χ4n) is 3.15. The van der Waals surface area contributed by atoms with Crippen molar-refractivity contribution in [2.24, 2.45) is 7.05 Å². The van der Waals surface area contributed by atoms with E-state index in [-0.39, 0.29) is 18.2 Å². The lowest BCUT2D eigenvalue weighted by atomic mass is 9.95. The quantitative estimate of drug-likeness (QED) is 0.670. The van der Waals surface area contributed by atoms with Crippen molar-refractivity contribution in [1.29, 1.82) is 0 Å². The van der Waals surface area contributed by atoms with Crippen LogP contribution in [0.4, 0.5) is 5.69 Å². The second-order valence-electron chi connectivity index (χ2n) is 6.88. The van der Waals surface area contributed by atoms with Crippen LogP contribution < -0.4 is 10.6 Å². The molecule has 1 saturated carbocycles. The zero-order chi connectivity index (χ0) is 19.9. The Labute approximate surface area is 173 Å². The Balaban J connectivity index is 1.48. The van der Waals surface area contributed by atoms with E-state index >= 15 is 0 Å². The number of benzene rings is 1. The van der Waals surface area contributed by atoms with Crippen molar-refractivity contribution < 1.29 is 9.59 Å². The number of rotatable bonds is 7. The summed E-state index contributed by atoms with van der Waals surface area (Å²) in [5.41, 5.74) is 0.672. The lowest BCUT2D eigenvalue weighted by Gasteiger charge is -2.22. The van der Waals surface area contributed by atoms with Gasteiger partial charge in [0.25, 0.3) is 0 Å². The highest BCUT2D eigenvalue weighted by Gasteiger charge is 2.18. The molecule has 2 amide bonds. The maximum atomic E-state index is 12.2. The van der Waals surface area contributed by atoms with Crippen LogP contribution in [0.3, 0.4) is 0 Å². The molecule has 2 aromatic rings. The molecular formula is C19H24ClN5O2S. The molecule has 0 spiro atoms. The molecule has 1 aliphatic carbocycles. The number of nitrogens with zero attached hydrogens (tertiary/aromatic N) is 3. The van der Waals surface area contributed by atoms with Gasteiger partial charge < -0.3 is 15.2 Å². The largest absolute Gasteiger partial charge is 0.353 e. The average Bonchev–Trinajstić information content (AvgIpc) is 3.02. The molecule has 1 aromatic heterocycles. The Hall–Kier alpha value is -2.06. The van der Waals surface area contributed by atoms with Gasteiger partial charge in [-0.2, -0.15) is 0 Å². The predicted octanol–water partition coefficient (Wildman–Crippen LogP) is 3.19. The van der Waals surface area contributed by atoms with Crippen LogP contribution in [0.5, 0.6) is 0 Å². The third-order valence-electron chi connectivity index (χ3n) is 4.67. The molecule has 28 heavy (non-hydrogen) atoms. The van der Waals surface area contributed by atoms with Crippen molar-refractivity contribution in [2.45, 2.75) is 49.7 Å². The Morgan fingerprint density at radius 1 is 1.14 bits per heavy atom. The first-order valence-corrected chi connectivity index (χ1v) is 10.7. The topological polar surface area (TPSA) is 88.9 Å². The number of carbonyl (C=O) groups is 2. The molecule has 9 heteroatoms. The predicted molar refractivity (Wildman–Crippen MR) is 111 cm³/mol. The summed E-state index contributed by atoms with van der Waals surface area (Å²) in [6.45, 7) is 0. The van der Waals surface area contributed by atoms with Gasteiger partial charge in [-0.15, -0.1) is 10.2 Å². The number of nitrogens with one attached hydrogen (secondary N) is 2. The molecule has 2 N–H and O–H groups in total. The summed E-state index contributed by atoms with van der Waals surface area (Å²) in [5, 5.41) is 15.3. The normalized spacial score (nSPS) is 14.6. The summed E-state index contributed by atoms with van der Waals surface area (Å²) in [6.07, 6.45) is 5.85. The molecule has 0 radical (unpaired) electrons. The highest BCUT2D eigenvalue weighted by molar-refractivity contribution is 7.99. The summed E-state index contributed by atoms with van der Waals surface area (Å²) in [6, 6.07) is 7.21. The van der Waals surface area contributed by atoms with E-state index in [1.807, 2.05) is 0 Å². The minimum Gasteiger partial charge on any atom is -0.353 e. The van der Waals surface area contributed by atoms with Gasteiger partial charge in [0.2, 0.25) is 11.8 Å². The molecule has 0 unspecified atom stereocenters. The van der Waals surface area contributed by atoms with Crippen LogP contribution in [-0.2, 0) is 23.1 Å². The molecule has 150 valence electrons. The molecule has 0 saturated heterocycles. The van der Waals surface area contributed by atoms with Crippen molar-refractivity contribution in [3.8, 4) is 0 Å². The lowest BCUT2D eigenvalue weighted by Crippen LogP contribution is -2.37. The molecule has 3 rings (SSSR count). The standard InChI is InChI=1S/C19H24ClN5O2S/c1-25-16(11-17(26)21-15-9-7-13(20)8-10-15)23-24-19(25)28-12-18(27)22-14-5-3-2-4-6-14/h7-10,14H,2-6,11-12H2,1H3,(H,21,26)(H,22,27). The van der Waals surface area contributed by atoms with Crippen LogP contribution in [0.2, 0.25) is 5.02 Å². The van der Waals surface area contributed by atoms with Gasteiger partial charge in [0.15, 0.2) is 5.16 Å². The molecule has 1 heterocycles. The molecule has 1 aliphatic rings. The van der Waals surface area contributed by atoms with Gasteiger partial charge in [0.05, 0.1) is 12.2 Å². The van der Waals surface area contributed by atoms with Gasteiger partial charge in [-0.1, -0.05) is 42.6 Å². The number of halogens is 1. The van der Waals surface area contributed by atoms with Crippen molar-refractivity contribution in [1.82, 2.24) is 20.1 Å². The summed E-state index contributed by atoms with van der Waals surface area (Å²) < 4.78 is 1.75. The Morgan fingerprint density at radius 3 is 2.57 bits per heavy atom. The van der Waals surface area contributed by atoms with Crippen LogP contribution in [0.15, 0.2) is 29.4 Å². The highest BCUT2D eigenvalue weighted by Crippen LogP contribution is 2.19. The number of anilines is 1. The fraction of sp³-hybridized carbons (Fsp3) is 0.474. The molecule has 1 aromatic carbocycles. The number of amides is 2. The maximum Gasteiger partial charge on any atom is 0.232 e. The van der Waals surface area contributed by atoms with Crippen LogP contribution in [0.25, 0.3) is 0 Å². The van der Waals surface area contributed by atoms with Gasteiger partial charge in [-0.3, -0.25) is 9.59 Å². The molecule has 7 nitrogen and oxygen atoms in total. The summed E-state index contributed by atoms with van der Waals surface area (Å²) in [5.74, 6) is 0.660. The van der Waals surface area contributed by atoms with E-state index in [1.165, 1.54) is 31.0 Å². The first-order valence-electron chi connectivity index (χ1n) is 9.37. The summed E-state index contributed by atoms with van der Waals surface area (Å²) >= 11 is 7.17. The zero-order valence-corrected chi connectivity index (χ0v) is 17.4. The van der Waals surface area contributed by atoms with Crippen molar-refractivity contribution in [2.75, 3.05) is 11.1 Å². The Kier molecular flexibility index (Phi) is 7.33. The van der Waals surface area contributed by atoms with Crippen molar-refractivity contribution >= 4 is 40.9 Å². The van der Waals surface area contributed by atoms with Crippen LogP contribution in [0, 0.1) is 0 Å². The van der Waals surface area contributed by atoms with Gasteiger partial charge in [0, 0.05) is 23.8 Å². The van der Waals surface area contributed by atoms with Gasteiger partial charge in [-0.05, 0) is 37.1 Å². The molecule has 1 fully saturated rings. The number of hydrogen-bond acceptors (Lipinski definition) is 5. The van der Waals surface area contributed by atoms with E-state index in [2.05, 4.69) is 20.8 Å². The summed E-state index contributed by atoms with van der Waals surface area (Å²) in [4.78, 5) is 24.4. The third kappa shape index (κ3) is 5.97. The smallest absolute Gasteiger partial charge is 0.232 e. The van der Waals surface area contributed by atoms with E-state index in [0.29, 0.717) is 33.5 Å². The van der Waals surface area contributed by atoms with Gasteiger partial charge in [0.1, 0.15) is 5.82 Å². The average molecular weight is 422 g/mol. The number of carbonyl (C=O) groups excluding carboxylic acids is 2. The molecule has 0 aliphatic heterocycles. The van der Waals surface area contributed by atoms with Crippen LogP contribution >= 0.6 is 23.4 Å². The van der Waals surface area contributed by atoms with E-state index in [4.69, 9.17) is 11.6 Å². The van der Waals surface area contributed by atoms with E-state index in [1.54, 1.807) is 35.9 Å². The van der Waals surface area contributed by atoms with Crippen molar-refractivity contribution in [3.05, 3.63) is 35.1 Å². The third-order valence-corrected chi connectivity index (χ3v) is 5.95. The van der Waals surface area contributed by atoms with Crippen LogP contribution in [-0.4, -0.2) is 38.4 Å². The van der Waals surface area contributed by atoms with E-state index < -0.39 is 0 Å². The zero-order valence-electron chi connectivity index (χ0n) is 15.8. The molecule has 0 bridgehead atoms. The first kappa shape index (κ1) is 20.7. The van der Waals surface area contributed by atoms with Gasteiger partial charge in [-0.25, -0.2) is 0 Å². The molecular weight excluding hydrogens is 398 g/mol. The Morgan fingerprint density at radius 2 is 1.86 bits per heavy atom. The maximum absolute atomic E-state index is 12.2. The highest BCUT2D eigenvalue weighted by atomic mass is 35.5. The monoisotopic (exact) mass is 421 g/mol. The second-order valence-corrected chi connectivity index (χ2v) is 8.26. The minimum absolute atomic E-state index is 0.0157. The van der Waals surface area contributed by atoms with Crippen molar-refractivity contribution in [3.63, 3.8) is 0 Å². The van der Waals surface area contributed by atoms with Crippen LogP contribution in [0.1, 0.15) is 37.9 Å². The lowest BCUT2D eigenvalue weighted by molar-refractivity contribution is -0.119.